The molecule has 1 heterocycles. The molecule has 19 heavy (non-hydrogen) atoms. The van der Waals surface area contributed by atoms with Crippen molar-refractivity contribution in [1.82, 2.24) is 15.1 Å². The van der Waals surface area contributed by atoms with Gasteiger partial charge in [0.1, 0.15) is 12.2 Å². The zero-order valence-corrected chi connectivity index (χ0v) is 11.0. The summed E-state index contributed by atoms with van der Waals surface area (Å²) in [6.45, 7) is 4.38. The van der Waals surface area contributed by atoms with Crippen LogP contribution < -0.4 is 5.32 Å². The molecule has 0 radical (unpaired) electrons. The number of esters is 1. The first-order valence-electron chi connectivity index (χ1n) is 5.52. The Bertz CT molecular complexity index is 467. The summed E-state index contributed by atoms with van der Waals surface area (Å²) in [6.07, 6.45) is 2.16. The van der Waals surface area contributed by atoms with Crippen molar-refractivity contribution in [3.05, 3.63) is 18.5 Å². The van der Waals surface area contributed by atoms with E-state index in [1.165, 1.54) is 24.0 Å². The second kappa shape index (κ2) is 5.98. The van der Waals surface area contributed by atoms with E-state index in [1.54, 1.807) is 19.9 Å². The molecule has 1 rings (SSSR count). The van der Waals surface area contributed by atoms with Gasteiger partial charge in [0.2, 0.25) is 5.96 Å². The summed E-state index contributed by atoms with van der Waals surface area (Å²) < 4.78 is 11.0. The topological polar surface area (TPSA) is 106 Å². The Morgan fingerprint density at radius 2 is 2.16 bits per heavy atom. The number of aromatic nitrogens is 2. The lowest BCUT2D eigenvalue weighted by atomic mass is 10.1. The van der Waals surface area contributed by atoms with Crippen molar-refractivity contribution < 1.29 is 19.1 Å². The van der Waals surface area contributed by atoms with Gasteiger partial charge in [-0.25, -0.2) is 9.48 Å². The molecule has 1 aromatic rings. The number of amides is 1. The summed E-state index contributed by atoms with van der Waals surface area (Å²) in [7, 11) is 0. The molecule has 0 aliphatic rings. The van der Waals surface area contributed by atoms with Crippen LogP contribution >= 0.6 is 0 Å². The van der Waals surface area contributed by atoms with Gasteiger partial charge in [-0.2, -0.15) is 5.10 Å². The fourth-order valence-corrected chi connectivity index (χ4v) is 1.14. The van der Waals surface area contributed by atoms with Gasteiger partial charge >= 0.3 is 12.1 Å². The van der Waals surface area contributed by atoms with E-state index >= 15 is 0 Å². The fraction of sp³-hybridized carbons (Fsp3) is 0.455. The smallest absolute Gasteiger partial charge is 0.414 e. The van der Waals surface area contributed by atoms with Gasteiger partial charge in [-0.15, -0.1) is 0 Å². The number of hydrogen-bond acceptors (Lipinski definition) is 6. The van der Waals surface area contributed by atoms with Gasteiger partial charge in [0, 0.05) is 19.3 Å². The third-order valence-corrected chi connectivity index (χ3v) is 1.95. The van der Waals surface area contributed by atoms with Crippen LogP contribution in [0.2, 0.25) is 0 Å². The second-order valence-corrected chi connectivity index (χ2v) is 4.35. The predicted molar refractivity (Wildman–Crippen MR) is 65.7 cm³/mol. The summed E-state index contributed by atoms with van der Waals surface area (Å²) in [5, 5.41) is 13.5. The Kier molecular flexibility index (Phi) is 4.62. The maximum atomic E-state index is 11.6. The maximum Gasteiger partial charge on any atom is 0.414 e. The van der Waals surface area contributed by atoms with Gasteiger partial charge in [0.05, 0.1) is 0 Å². The zero-order chi connectivity index (χ0) is 14.5. The molecule has 0 bridgehead atoms. The highest BCUT2D eigenvalue weighted by Crippen LogP contribution is 2.10. The highest BCUT2D eigenvalue weighted by Gasteiger charge is 2.25. The van der Waals surface area contributed by atoms with Crippen molar-refractivity contribution in [3.8, 4) is 0 Å². The van der Waals surface area contributed by atoms with Crippen LogP contribution in [0.3, 0.4) is 0 Å². The molecule has 0 saturated heterocycles. The lowest BCUT2D eigenvalue weighted by Crippen LogP contribution is -2.42. The lowest BCUT2D eigenvalue weighted by Gasteiger charge is -2.24. The van der Waals surface area contributed by atoms with Crippen molar-refractivity contribution in [2.45, 2.75) is 26.4 Å². The Labute approximate surface area is 110 Å². The number of carbonyl (C=O) groups is 2. The van der Waals surface area contributed by atoms with E-state index in [9.17, 15) is 9.59 Å². The van der Waals surface area contributed by atoms with E-state index in [1.807, 2.05) is 0 Å². The molecule has 104 valence electrons. The first-order valence-corrected chi connectivity index (χ1v) is 5.52. The van der Waals surface area contributed by atoms with Crippen LogP contribution in [0.15, 0.2) is 18.5 Å². The molecular formula is C11H16N4O4. The van der Waals surface area contributed by atoms with Crippen LogP contribution in [0, 0.1) is 5.41 Å². The van der Waals surface area contributed by atoms with Crippen LogP contribution in [-0.4, -0.2) is 40.0 Å². The normalized spacial score (nSPS) is 10.7. The standard InChI is InChI=1S/C11H16N4O4/c1-8(16)18-7-11(2,3)19-10(17)14-9(12)15-6-4-5-13-15/h4-6H,7H2,1-3H3,(H2,12,14,17). The van der Waals surface area contributed by atoms with Gasteiger partial charge < -0.3 is 9.47 Å². The third kappa shape index (κ3) is 5.19. The summed E-state index contributed by atoms with van der Waals surface area (Å²) in [5.74, 6) is -0.695. The van der Waals surface area contributed by atoms with Crippen LogP contribution in [0.4, 0.5) is 4.79 Å². The predicted octanol–water partition coefficient (Wildman–Crippen LogP) is 0.734. The minimum Gasteiger partial charge on any atom is -0.462 e. The van der Waals surface area contributed by atoms with Crippen molar-refractivity contribution in [2.24, 2.45) is 0 Å². The Hall–Kier alpha value is -2.38. The van der Waals surface area contributed by atoms with E-state index in [0.717, 1.165) is 0 Å². The number of nitrogens with one attached hydrogen (secondary N) is 2. The number of hydrogen-bond donors (Lipinski definition) is 2. The molecule has 1 aromatic heterocycles. The van der Waals surface area contributed by atoms with Gasteiger partial charge in [-0.3, -0.25) is 15.5 Å². The summed E-state index contributed by atoms with van der Waals surface area (Å²) in [5.41, 5.74) is -0.986. The van der Waals surface area contributed by atoms with E-state index in [0.29, 0.717) is 0 Å². The number of nitrogens with zero attached hydrogens (tertiary/aromatic N) is 2. The van der Waals surface area contributed by atoms with Crippen LogP contribution in [-0.2, 0) is 14.3 Å². The number of alkyl carbamates (subject to hydrolysis) is 1. The monoisotopic (exact) mass is 268 g/mol. The molecule has 2 N–H and O–H groups in total. The van der Waals surface area contributed by atoms with E-state index in [2.05, 4.69) is 10.4 Å². The van der Waals surface area contributed by atoms with Crippen molar-refractivity contribution in [3.63, 3.8) is 0 Å². The number of carbonyl (C=O) groups excluding carboxylic acids is 2. The van der Waals surface area contributed by atoms with Crippen molar-refractivity contribution >= 4 is 18.0 Å². The molecule has 0 spiro atoms. The Balaban J connectivity index is 2.46. The van der Waals surface area contributed by atoms with Crippen molar-refractivity contribution in [2.75, 3.05) is 6.61 Å². The van der Waals surface area contributed by atoms with Crippen LogP contribution in [0.5, 0.6) is 0 Å². The maximum absolute atomic E-state index is 11.6. The van der Waals surface area contributed by atoms with Crippen LogP contribution in [0.25, 0.3) is 0 Å². The Morgan fingerprint density at radius 1 is 1.47 bits per heavy atom. The molecule has 0 aromatic carbocycles. The van der Waals surface area contributed by atoms with Crippen molar-refractivity contribution in [1.29, 1.82) is 5.41 Å². The van der Waals surface area contributed by atoms with E-state index in [4.69, 9.17) is 14.9 Å². The SMILES string of the molecule is CC(=O)OCC(C)(C)OC(=O)NC(=N)n1cccn1. The van der Waals surface area contributed by atoms with Gasteiger partial charge in [-0.05, 0) is 19.9 Å². The third-order valence-electron chi connectivity index (χ3n) is 1.95. The zero-order valence-electron chi connectivity index (χ0n) is 11.0. The molecule has 0 unspecified atom stereocenters. The minimum absolute atomic E-state index is 0.0646. The summed E-state index contributed by atoms with van der Waals surface area (Å²) in [4.78, 5) is 22.2. The average molecular weight is 268 g/mol. The van der Waals surface area contributed by atoms with E-state index < -0.39 is 17.7 Å². The molecule has 0 atom stereocenters. The molecule has 0 fully saturated rings. The number of ether oxygens (including phenoxy) is 2. The molecule has 1 amide bonds. The Morgan fingerprint density at radius 3 is 2.68 bits per heavy atom. The van der Waals surface area contributed by atoms with Crippen LogP contribution in [0.1, 0.15) is 20.8 Å². The van der Waals surface area contributed by atoms with Gasteiger partial charge in [0.15, 0.2) is 0 Å². The van der Waals surface area contributed by atoms with Gasteiger partial charge in [-0.1, -0.05) is 0 Å². The second-order valence-electron chi connectivity index (χ2n) is 4.35. The highest BCUT2D eigenvalue weighted by atomic mass is 16.6. The average Bonchev–Trinajstić information content (AvgIpc) is 2.79. The molecule has 0 aliphatic heterocycles. The molecule has 0 saturated carbocycles. The summed E-state index contributed by atoms with van der Waals surface area (Å²) in [6, 6.07) is 1.62. The molecule has 8 nitrogen and oxygen atoms in total. The molecule has 0 aliphatic carbocycles. The van der Waals surface area contributed by atoms with E-state index in [-0.39, 0.29) is 12.6 Å². The first-order chi connectivity index (χ1) is 8.80. The summed E-state index contributed by atoms with van der Waals surface area (Å²) >= 11 is 0. The highest BCUT2D eigenvalue weighted by molar-refractivity contribution is 5.92. The molecule has 8 heteroatoms. The molecular weight excluding hydrogens is 252 g/mol. The minimum atomic E-state index is -0.986. The number of rotatable bonds is 3. The van der Waals surface area contributed by atoms with Gasteiger partial charge in [0.25, 0.3) is 0 Å². The largest absolute Gasteiger partial charge is 0.462 e. The first kappa shape index (κ1) is 14.7. The lowest BCUT2D eigenvalue weighted by molar-refractivity contribution is -0.147. The fourth-order valence-electron chi connectivity index (χ4n) is 1.14. The quantitative estimate of drug-likeness (QED) is 0.477.